The predicted octanol–water partition coefficient (Wildman–Crippen LogP) is 2.51. The highest BCUT2D eigenvalue weighted by Crippen LogP contribution is 2.15. The lowest BCUT2D eigenvalue weighted by Crippen LogP contribution is -2.24. The third-order valence-electron chi connectivity index (χ3n) is 3.85. The predicted molar refractivity (Wildman–Crippen MR) is 97.6 cm³/mol. The normalized spacial score (nSPS) is 11.9. The van der Waals surface area contributed by atoms with Crippen LogP contribution in [0.4, 0.5) is 5.69 Å². The van der Waals surface area contributed by atoms with Gasteiger partial charge >= 0.3 is 0 Å². The summed E-state index contributed by atoms with van der Waals surface area (Å²) in [5, 5.41) is 12.3. The quantitative estimate of drug-likeness (QED) is 0.768. The van der Waals surface area contributed by atoms with Crippen molar-refractivity contribution in [1.82, 2.24) is 4.98 Å². The zero-order valence-corrected chi connectivity index (χ0v) is 13.8. The van der Waals surface area contributed by atoms with Crippen LogP contribution >= 0.6 is 0 Å². The van der Waals surface area contributed by atoms with Crippen molar-refractivity contribution in [3.8, 4) is 0 Å². The van der Waals surface area contributed by atoms with Gasteiger partial charge in [0.1, 0.15) is 6.10 Å². The van der Waals surface area contributed by atoms with E-state index in [0.717, 1.165) is 11.1 Å². The molecule has 0 aliphatic rings. The van der Waals surface area contributed by atoms with Crippen LogP contribution in [0.15, 0.2) is 65.6 Å². The summed E-state index contributed by atoms with van der Waals surface area (Å²) in [5.74, 6) is -0.563. The van der Waals surface area contributed by atoms with Crippen molar-refractivity contribution >= 4 is 22.5 Å². The number of carbonyl (C=O) groups excluding carboxylic acids is 1. The first-order valence-electron chi connectivity index (χ1n) is 7.99. The standard InChI is InChI=1S/C20H18N2O3/c1-13(23)20(25)22-16-7-8-18-17(19(24)11-16)10-15(12-21-18)9-14-5-3-2-4-6-14/h2-8,10-13,23H,9H2,1H3,(H,22,25). The van der Waals surface area contributed by atoms with Crippen molar-refractivity contribution < 1.29 is 9.90 Å². The molecule has 3 rings (SSSR count). The summed E-state index contributed by atoms with van der Waals surface area (Å²) in [5.41, 5.74) is 2.74. The molecule has 0 aliphatic carbocycles. The minimum Gasteiger partial charge on any atom is -0.384 e. The third kappa shape index (κ3) is 4.08. The van der Waals surface area contributed by atoms with E-state index in [-0.39, 0.29) is 5.43 Å². The molecule has 1 aromatic heterocycles. The number of hydrogen-bond acceptors (Lipinski definition) is 4. The van der Waals surface area contributed by atoms with Gasteiger partial charge in [0, 0.05) is 23.3 Å². The fraction of sp³-hybridized carbons (Fsp3) is 0.150. The number of carbonyl (C=O) groups is 1. The van der Waals surface area contributed by atoms with Gasteiger partial charge in [-0.1, -0.05) is 30.3 Å². The molecule has 0 bridgehead atoms. The zero-order chi connectivity index (χ0) is 17.8. The van der Waals surface area contributed by atoms with E-state index in [4.69, 9.17) is 0 Å². The number of aliphatic hydroxyl groups is 1. The minimum absolute atomic E-state index is 0.233. The fourth-order valence-electron chi connectivity index (χ4n) is 2.54. The second-order valence-corrected chi connectivity index (χ2v) is 5.90. The minimum atomic E-state index is -1.15. The molecule has 1 heterocycles. The molecule has 25 heavy (non-hydrogen) atoms. The first-order chi connectivity index (χ1) is 12.0. The number of hydrogen-bond donors (Lipinski definition) is 2. The Bertz CT molecular complexity index is 969. The third-order valence-corrected chi connectivity index (χ3v) is 3.85. The summed E-state index contributed by atoms with van der Waals surface area (Å²) in [6.45, 7) is 1.37. The number of rotatable bonds is 4. The van der Waals surface area contributed by atoms with Crippen molar-refractivity contribution in [1.29, 1.82) is 0 Å². The molecule has 3 aromatic rings. The summed E-state index contributed by atoms with van der Waals surface area (Å²) >= 11 is 0. The lowest BCUT2D eigenvalue weighted by molar-refractivity contribution is -0.123. The molecule has 1 unspecified atom stereocenters. The van der Waals surface area contributed by atoms with Crippen molar-refractivity contribution in [3.63, 3.8) is 0 Å². The summed E-state index contributed by atoms with van der Waals surface area (Å²) in [6.07, 6.45) is 1.29. The van der Waals surface area contributed by atoms with Crippen LogP contribution < -0.4 is 10.7 Å². The van der Waals surface area contributed by atoms with Gasteiger partial charge < -0.3 is 10.4 Å². The molecule has 1 atom stereocenters. The summed E-state index contributed by atoms with van der Waals surface area (Å²) in [6, 6.07) is 16.4. The number of aromatic nitrogens is 1. The second kappa shape index (κ2) is 7.23. The Morgan fingerprint density at radius 2 is 1.88 bits per heavy atom. The Hall–Kier alpha value is -3.05. The van der Waals surface area contributed by atoms with Gasteiger partial charge in [-0.25, -0.2) is 0 Å². The van der Waals surface area contributed by atoms with Crippen LogP contribution in [0.1, 0.15) is 18.1 Å². The van der Waals surface area contributed by atoms with Gasteiger partial charge in [-0.2, -0.15) is 0 Å². The fourth-order valence-corrected chi connectivity index (χ4v) is 2.54. The SMILES string of the molecule is CC(O)C(=O)Nc1ccc2ncc(Cc3ccccc3)cc2c(=O)c1. The van der Waals surface area contributed by atoms with Gasteiger partial charge in [-0.05, 0) is 42.7 Å². The van der Waals surface area contributed by atoms with Crippen LogP contribution in [0.5, 0.6) is 0 Å². The van der Waals surface area contributed by atoms with Crippen molar-refractivity contribution in [3.05, 3.63) is 82.1 Å². The summed E-state index contributed by atoms with van der Waals surface area (Å²) < 4.78 is 0. The summed E-state index contributed by atoms with van der Waals surface area (Å²) in [4.78, 5) is 28.5. The number of nitrogens with one attached hydrogen (secondary N) is 1. The van der Waals surface area contributed by atoms with Crippen molar-refractivity contribution in [2.75, 3.05) is 5.32 Å². The van der Waals surface area contributed by atoms with Crippen LogP contribution in [-0.4, -0.2) is 22.1 Å². The number of aliphatic hydroxyl groups excluding tert-OH is 1. The average molecular weight is 334 g/mol. The van der Waals surface area contributed by atoms with E-state index in [9.17, 15) is 14.7 Å². The number of fused-ring (bicyclic) bond motifs is 1. The smallest absolute Gasteiger partial charge is 0.252 e. The maximum Gasteiger partial charge on any atom is 0.252 e. The number of amides is 1. The van der Waals surface area contributed by atoms with Crippen LogP contribution in [0.25, 0.3) is 10.9 Å². The van der Waals surface area contributed by atoms with E-state index in [2.05, 4.69) is 10.3 Å². The summed E-state index contributed by atoms with van der Waals surface area (Å²) in [7, 11) is 0. The van der Waals surface area contributed by atoms with E-state index in [1.165, 1.54) is 13.0 Å². The van der Waals surface area contributed by atoms with E-state index >= 15 is 0 Å². The Morgan fingerprint density at radius 3 is 2.60 bits per heavy atom. The molecule has 0 radical (unpaired) electrons. The molecule has 0 aliphatic heterocycles. The highest BCUT2D eigenvalue weighted by atomic mass is 16.3. The molecule has 2 aromatic carbocycles. The number of anilines is 1. The lowest BCUT2D eigenvalue weighted by Gasteiger charge is -2.04. The highest BCUT2D eigenvalue weighted by molar-refractivity contribution is 5.94. The van der Waals surface area contributed by atoms with Gasteiger partial charge in [0.05, 0.1) is 5.52 Å². The molecule has 5 nitrogen and oxygen atoms in total. The van der Waals surface area contributed by atoms with Gasteiger partial charge in [-0.15, -0.1) is 0 Å². The van der Waals surface area contributed by atoms with Crippen LogP contribution in [0, 0.1) is 0 Å². The molecule has 5 heteroatoms. The van der Waals surface area contributed by atoms with E-state index in [0.29, 0.717) is 23.0 Å². The molecule has 2 N–H and O–H groups in total. The van der Waals surface area contributed by atoms with E-state index in [1.807, 2.05) is 36.4 Å². The molecular weight excluding hydrogens is 316 g/mol. The second-order valence-electron chi connectivity index (χ2n) is 5.90. The first-order valence-corrected chi connectivity index (χ1v) is 7.99. The zero-order valence-electron chi connectivity index (χ0n) is 13.8. The molecule has 0 saturated heterocycles. The lowest BCUT2D eigenvalue weighted by atomic mass is 10.1. The maximum absolute atomic E-state index is 12.5. The van der Waals surface area contributed by atoms with Crippen LogP contribution in [0.3, 0.4) is 0 Å². The maximum atomic E-state index is 12.5. The average Bonchev–Trinajstić information content (AvgIpc) is 2.75. The Morgan fingerprint density at radius 1 is 1.12 bits per heavy atom. The monoisotopic (exact) mass is 334 g/mol. The van der Waals surface area contributed by atoms with Gasteiger partial charge in [0.2, 0.25) is 0 Å². The van der Waals surface area contributed by atoms with Crippen LogP contribution in [0.2, 0.25) is 0 Å². The largest absolute Gasteiger partial charge is 0.384 e. The van der Waals surface area contributed by atoms with Gasteiger partial charge in [0.25, 0.3) is 5.91 Å². The Labute approximate surface area is 145 Å². The molecule has 126 valence electrons. The molecule has 1 amide bonds. The number of benzene rings is 1. The van der Waals surface area contributed by atoms with Crippen molar-refractivity contribution in [2.45, 2.75) is 19.4 Å². The van der Waals surface area contributed by atoms with Gasteiger partial charge in [-0.3, -0.25) is 14.6 Å². The highest BCUT2D eigenvalue weighted by Gasteiger charge is 2.09. The molecule has 0 fully saturated rings. The Kier molecular flexibility index (Phi) is 4.86. The molecule has 0 spiro atoms. The van der Waals surface area contributed by atoms with Crippen LogP contribution in [-0.2, 0) is 11.2 Å². The topological polar surface area (TPSA) is 79.3 Å². The Balaban J connectivity index is 1.97. The van der Waals surface area contributed by atoms with Crippen molar-refractivity contribution in [2.24, 2.45) is 0 Å². The number of pyridine rings is 1. The van der Waals surface area contributed by atoms with E-state index < -0.39 is 12.0 Å². The number of nitrogens with zero attached hydrogens (tertiary/aromatic N) is 1. The first kappa shape index (κ1) is 16.8. The van der Waals surface area contributed by atoms with E-state index in [1.54, 1.807) is 18.3 Å². The molecule has 0 saturated carbocycles. The van der Waals surface area contributed by atoms with Gasteiger partial charge in [0.15, 0.2) is 5.43 Å². The molecular formula is C20H18N2O3.